The number of carbonyl (C=O) groups excluding carboxylic acids is 1. The molecule has 3 heteroatoms. The van der Waals surface area contributed by atoms with Crippen LogP contribution in [0, 0.1) is 0 Å². The van der Waals surface area contributed by atoms with Crippen molar-refractivity contribution in [1.82, 2.24) is 4.90 Å². The van der Waals surface area contributed by atoms with Crippen LogP contribution in [0.3, 0.4) is 0 Å². The van der Waals surface area contributed by atoms with E-state index in [0.717, 1.165) is 31.6 Å². The number of carbonyl (C=O) groups is 1. The third-order valence-corrected chi connectivity index (χ3v) is 4.08. The molecule has 1 atom stereocenters. The van der Waals surface area contributed by atoms with Crippen molar-refractivity contribution in [1.29, 1.82) is 0 Å². The third-order valence-electron chi connectivity index (χ3n) is 4.08. The van der Waals surface area contributed by atoms with Gasteiger partial charge in [0.1, 0.15) is 5.60 Å². The van der Waals surface area contributed by atoms with E-state index >= 15 is 0 Å². The lowest BCUT2D eigenvalue weighted by Gasteiger charge is -2.29. The van der Waals surface area contributed by atoms with E-state index in [-0.39, 0.29) is 11.9 Å². The zero-order chi connectivity index (χ0) is 16.0. The SMILES string of the molecule is CC(C)(C)OC(=O)C(CCN1CCCCC1)c1ccccc1. The summed E-state index contributed by atoms with van der Waals surface area (Å²) >= 11 is 0. The van der Waals surface area contributed by atoms with Crippen molar-refractivity contribution >= 4 is 5.97 Å². The van der Waals surface area contributed by atoms with Crippen molar-refractivity contribution in [2.45, 2.75) is 58.0 Å². The fraction of sp³-hybridized carbons (Fsp3) is 0.632. The predicted octanol–water partition coefficient (Wildman–Crippen LogP) is 3.99. The van der Waals surface area contributed by atoms with Crippen molar-refractivity contribution in [3.63, 3.8) is 0 Å². The number of esters is 1. The van der Waals surface area contributed by atoms with Crippen LogP contribution in [0.5, 0.6) is 0 Å². The van der Waals surface area contributed by atoms with Crippen LogP contribution in [0.4, 0.5) is 0 Å². The molecule has 1 heterocycles. The molecular formula is C19H29NO2. The van der Waals surface area contributed by atoms with Gasteiger partial charge in [-0.1, -0.05) is 36.8 Å². The summed E-state index contributed by atoms with van der Waals surface area (Å²) in [5.41, 5.74) is 0.628. The summed E-state index contributed by atoms with van der Waals surface area (Å²) in [4.78, 5) is 15.1. The first-order valence-corrected chi connectivity index (χ1v) is 8.46. The summed E-state index contributed by atoms with van der Waals surface area (Å²) < 4.78 is 5.64. The third kappa shape index (κ3) is 5.45. The highest BCUT2D eigenvalue weighted by Gasteiger charge is 2.27. The fourth-order valence-electron chi connectivity index (χ4n) is 2.97. The maximum absolute atomic E-state index is 12.6. The maximum Gasteiger partial charge on any atom is 0.313 e. The molecular weight excluding hydrogens is 274 g/mol. The van der Waals surface area contributed by atoms with Crippen molar-refractivity contribution < 1.29 is 9.53 Å². The molecule has 1 aromatic carbocycles. The van der Waals surface area contributed by atoms with Gasteiger partial charge in [-0.05, 0) is 65.2 Å². The van der Waals surface area contributed by atoms with E-state index in [1.165, 1.54) is 19.3 Å². The molecule has 1 saturated heterocycles. The van der Waals surface area contributed by atoms with E-state index in [0.29, 0.717) is 0 Å². The van der Waals surface area contributed by atoms with Gasteiger partial charge in [-0.3, -0.25) is 4.79 Å². The van der Waals surface area contributed by atoms with Gasteiger partial charge in [-0.2, -0.15) is 0 Å². The van der Waals surface area contributed by atoms with Crippen LogP contribution >= 0.6 is 0 Å². The average molecular weight is 303 g/mol. The standard InChI is InChI=1S/C19H29NO2/c1-19(2,3)22-18(21)17(16-10-6-4-7-11-16)12-15-20-13-8-5-9-14-20/h4,6-7,10-11,17H,5,8-9,12-15H2,1-3H3. The minimum absolute atomic E-state index is 0.101. The van der Waals surface area contributed by atoms with Gasteiger partial charge < -0.3 is 9.64 Å². The molecule has 3 nitrogen and oxygen atoms in total. The first-order chi connectivity index (χ1) is 10.5. The molecule has 1 aliphatic heterocycles. The number of rotatable bonds is 5. The largest absolute Gasteiger partial charge is 0.459 e. The van der Waals surface area contributed by atoms with Crippen LogP contribution in [0.25, 0.3) is 0 Å². The zero-order valence-corrected chi connectivity index (χ0v) is 14.2. The molecule has 0 saturated carbocycles. The Hall–Kier alpha value is -1.35. The monoisotopic (exact) mass is 303 g/mol. The number of nitrogens with zero attached hydrogens (tertiary/aromatic N) is 1. The first-order valence-electron chi connectivity index (χ1n) is 8.46. The Kier molecular flexibility index (Phi) is 6.01. The molecule has 0 radical (unpaired) electrons. The van der Waals surface area contributed by atoms with Crippen LogP contribution in [-0.2, 0) is 9.53 Å². The number of likely N-dealkylation sites (tertiary alicyclic amines) is 1. The van der Waals surface area contributed by atoms with Crippen LogP contribution in [0.1, 0.15) is 57.9 Å². The molecule has 0 bridgehead atoms. The number of hydrogen-bond acceptors (Lipinski definition) is 3. The van der Waals surface area contributed by atoms with E-state index < -0.39 is 5.60 Å². The Bertz CT molecular complexity index is 458. The Balaban J connectivity index is 2.03. The van der Waals surface area contributed by atoms with Crippen LogP contribution in [-0.4, -0.2) is 36.1 Å². The molecule has 0 aliphatic carbocycles. The molecule has 1 unspecified atom stereocenters. The first kappa shape index (κ1) is 17.0. The van der Waals surface area contributed by atoms with E-state index in [4.69, 9.17) is 4.74 Å². The molecule has 0 N–H and O–H groups in total. The zero-order valence-electron chi connectivity index (χ0n) is 14.2. The molecule has 1 aliphatic rings. The lowest BCUT2D eigenvalue weighted by molar-refractivity contribution is -0.157. The highest BCUT2D eigenvalue weighted by Crippen LogP contribution is 2.25. The second-order valence-corrected chi connectivity index (χ2v) is 7.19. The maximum atomic E-state index is 12.6. The second kappa shape index (κ2) is 7.77. The van der Waals surface area contributed by atoms with Gasteiger partial charge in [0.2, 0.25) is 0 Å². The van der Waals surface area contributed by atoms with Gasteiger partial charge in [0, 0.05) is 0 Å². The van der Waals surface area contributed by atoms with Crippen molar-refractivity contribution in [2.24, 2.45) is 0 Å². The van der Waals surface area contributed by atoms with Gasteiger partial charge in [-0.15, -0.1) is 0 Å². The summed E-state index contributed by atoms with van der Waals surface area (Å²) in [7, 11) is 0. The Morgan fingerprint density at radius 2 is 1.77 bits per heavy atom. The van der Waals surface area contributed by atoms with E-state index in [1.54, 1.807) is 0 Å². The highest BCUT2D eigenvalue weighted by atomic mass is 16.6. The van der Waals surface area contributed by atoms with E-state index in [2.05, 4.69) is 4.90 Å². The Morgan fingerprint density at radius 1 is 1.14 bits per heavy atom. The molecule has 0 aromatic heterocycles. The van der Waals surface area contributed by atoms with Gasteiger partial charge in [0.15, 0.2) is 0 Å². The predicted molar refractivity (Wildman–Crippen MR) is 89.9 cm³/mol. The smallest absolute Gasteiger partial charge is 0.313 e. The normalized spacial score (nSPS) is 18.0. The molecule has 1 fully saturated rings. The van der Waals surface area contributed by atoms with Gasteiger partial charge in [0.25, 0.3) is 0 Å². The molecule has 2 rings (SSSR count). The van der Waals surface area contributed by atoms with Crippen molar-refractivity contribution in [2.75, 3.05) is 19.6 Å². The van der Waals surface area contributed by atoms with E-state index in [9.17, 15) is 4.79 Å². The number of benzene rings is 1. The molecule has 1 aromatic rings. The summed E-state index contributed by atoms with van der Waals surface area (Å²) in [5, 5.41) is 0. The fourth-order valence-corrected chi connectivity index (χ4v) is 2.97. The minimum atomic E-state index is -0.435. The number of ether oxygens (including phenoxy) is 1. The lowest BCUT2D eigenvalue weighted by Crippen LogP contribution is -2.33. The lowest BCUT2D eigenvalue weighted by atomic mass is 9.95. The molecule has 0 amide bonds. The minimum Gasteiger partial charge on any atom is -0.459 e. The van der Waals surface area contributed by atoms with Gasteiger partial charge >= 0.3 is 5.97 Å². The topological polar surface area (TPSA) is 29.5 Å². The summed E-state index contributed by atoms with van der Waals surface area (Å²) in [6.07, 6.45) is 4.73. The number of hydrogen-bond donors (Lipinski definition) is 0. The summed E-state index contributed by atoms with van der Waals surface area (Å²) in [6, 6.07) is 10.0. The van der Waals surface area contributed by atoms with E-state index in [1.807, 2.05) is 51.1 Å². The van der Waals surface area contributed by atoms with Crippen molar-refractivity contribution in [3.8, 4) is 0 Å². The van der Waals surface area contributed by atoms with Gasteiger partial charge in [0.05, 0.1) is 5.92 Å². The molecule has 0 spiro atoms. The molecule has 22 heavy (non-hydrogen) atoms. The second-order valence-electron chi connectivity index (χ2n) is 7.19. The van der Waals surface area contributed by atoms with Crippen molar-refractivity contribution in [3.05, 3.63) is 35.9 Å². The Morgan fingerprint density at radius 3 is 2.36 bits per heavy atom. The Labute approximate surface area is 134 Å². The number of piperidine rings is 1. The van der Waals surface area contributed by atoms with Crippen LogP contribution < -0.4 is 0 Å². The van der Waals surface area contributed by atoms with Crippen LogP contribution in [0.2, 0.25) is 0 Å². The summed E-state index contributed by atoms with van der Waals surface area (Å²) in [6.45, 7) is 9.08. The average Bonchev–Trinajstić information content (AvgIpc) is 2.48. The summed E-state index contributed by atoms with van der Waals surface area (Å²) in [5.74, 6) is -0.266. The highest BCUT2D eigenvalue weighted by molar-refractivity contribution is 5.78. The van der Waals surface area contributed by atoms with Crippen LogP contribution in [0.15, 0.2) is 30.3 Å². The quantitative estimate of drug-likeness (QED) is 0.770. The van der Waals surface area contributed by atoms with Gasteiger partial charge in [-0.25, -0.2) is 0 Å². The molecule has 122 valence electrons.